The first kappa shape index (κ1) is 20.2. The van der Waals surface area contributed by atoms with Crippen molar-refractivity contribution in [3.05, 3.63) is 34.9 Å². The van der Waals surface area contributed by atoms with Crippen LogP contribution in [0.4, 0.5) is 4.79 Å². The van der Waals surface area contributed by atoms with Gasteiger partial charge < -0.3 is 4.90 Å². The molecule has 2 aliphatic rings. The molecule has 0 atom stereocenters. The molecule has 148 valence electrons. The quantitative estimate of drug-likeness (QED) is 0.688. The largest absolute Gasteiger partial charge is 0.327 e. The summed E-state index contributed by atoms with van der Waals surface area (Å²) >= 11 is 5.97. The third kappa shape index (κ3) is 3.99. The fraction of sp³-hybridized carbons (Fsp3) is 0.619. The molecule has 3 rings (SSSR count). The molecule has 3 amide bonds. The number of carbonyl (C=O) groups is 2. The van der Waals surface area contributed by atoms with Gasteiger partial charge in [0.25, 0.3) is 5.91 Å². The predicted octanol–water partition coefficient (Wildman–Crippen LogP) is 4.00. The third-order valence-electron chi connectivity index (χ3n) is 5.87. The van der Waals surface area contributed by atoms with E-state index in [1.165, 1.54) is 10.5 Å². The Kier molecular flexibility index (Phi) is 6.11. The van der Waals surface area contributed by atoms with Crippen LogP contribution in [0, 0.1) is 5.92 Å². The molecule has 1 aromatic rings. The van der Waals surface area contributed by atoms with Gasteiger partial charge in [-0.3, -0.25) is 14.6 Å². The number of amides is 3. The predicted molar refractivity (Wildman–Crippen MR) is 108 cm³/mol. The van der Waals surface area contributed by atoms with Gasteiger partial charge in [0, 0.05) is 37.7 Å². The Balaban J connectivity index is 1.71. The van der Waals surface area contributed by atoms with Crippen LogP contribution in [0.15, 0.2) is 24.3 Å². The first-order valence-corrected chi connectivity index (χ1v) is 10.4. The molecule has 0 bridgehead atoms. The number of nitrogens with zero attached hydrogens (tertiary/aromatic N) is 3. The Hall–Kier alpha value is -1.59. The molecule has 5 nitrogen and oxygen atoms in total. The summed E-state index contributed by atoms with van der Waals surface area (Å²) in [5, 5.41) is 0.742. The average Bonchev–Trinajstić information content (AvgIpc) is 2.83. The molecule has 0 N–H and O–H groups in total. The van der Waals surface area contributed by atoms with E-state index in [9.17, 15) is 9.59 Å². The second kappa shape index (κ2) is 8.19. The summed E-state index contributed by atoms with van der Waals surface area (Å²) < 4.78 is 0. The van der Waals surface area contributed by atoms with Gasteiger partial charge in [-0.2, -0.15) is 0 Å². The molecule has 0 aliphatic carbocycles. The van der Waals surface area contributed by atoms with Gasteiger partial charge in [0.05, 0.1) is 0 Å². The van der Waals surface area contributed by atoms with Crippen LogP contribution < -0.4 is 0 Å². The number of hydrogen-bond acceptors (Lipinski definition) is 3. The van der Waals surface area contributed by atoms with Gasteiger partial charge >= 0.3 is 6.03 Å². The summed E-state index contributed by atoms with van der Waals surface area (Å²) in [7, 11) is 0. The van der Waals surface area contributed by atoms with Crippen molar-refractivity contribution in [2.45, 2.75) is 52.1 Å². The van der Waals surface area contributed by atoms with Crippen molar-refractivity contribution in [3.8, 4) is 0 Å². The van der Waals surface area contributed by atoms with Crippen molar-refractivity contribution in [2.75, 3.05) is 26.2 Å². The van der Waals surface area contributed by atoms with Crippen LogP contribution in [0.2, 0.25) is 5.02 Å². The molecule has 2 heterocycles. The van der Waals surface area contributed by atoms with E-state index in [2.05, 4.69) is 18.7 Å². The Morgan fingerprint density at radius 1 is 1.11 bits per heavy atom. The van der Waals surface area contributed by atoms with Gasteiger partial charge in [0.15, 0.2) is 0 Å². The van der Waals surface area contributed by atoms with Crippen molar-refractivity contribution in [3.63, 3.8) is 0 Å². The summed E-state index contributed by atoms with van der Waals surface area (Å²) in [4.78, 5) is 31.6. The Morgan fingerprint density at radius 3 is 2.30 bits per heavy atom. The molecule has 1 spiro atoms. The maximum Gasteiger partial charge on any atom is 0.327 e. The smallest absolute Gasteiger partial charge is 0.309 e. The van der Waals surface area contributed by atoms with Gasteiger partial charge in [-0.1, -0.05) is 37.6 Å². The molecule has 27 heavy (non-hydrogen) atoms. The lowest BCUT2D eigenvalue weighted by atomic mass is 9.85. The summed E-state index contributed by atoms with van der Waals surface area (Å²) in [6.45, 7) is 9.78. The lowest BCUT2D eigenvalue weighted by Crippen LogP contribution is -2.56. The van der Waals surface area contributed by atoms with Crippen molar-refractivity contribution < 1.29 is 9.59 Å². The Morgan fingerprint density at radius 2 is 1.74 bits per heavy atom. The van der Waals surface area contributed by atoms with Crippen molar-refractivity contribution in [2.24, 2.45) is 5.92 Å². The van der Waals surface area contributed by atoms with Crippen LogP contribution in [0.3, 0.4) is 0 Å². The van der Waals surface area contributed by atoms with Crippen LogP contribution in [0.5, 0.6) is 0 Å². The first-order valence-electron chi connectivity index (χ1n) is 9.97. The number of piperidine rings is 1. The maximum absolute atomic E-state index is 13.1. The number of halogens is 1. The summed E-state index contributed by atoms with van der Waals surface area (Å²) in [6.07, 6.45) is 2.34. The second-order valence-corrected chi connectivity index (χ2v) is 8.54. The fourth-order valence-corrected chi connectivity index (χ4v) is 4.30. The van der Waals surface area contributed by atoms with E-state index < -0.39 is 5.54 Å². The zero-order valence-corrected chi connectivity index (χ0v) is 17.3. The average molecular weight is 392 g/mol. The van der Waals surface area contributed by atoms with E-state index in [-0.39, 0.29) is 11.9 Å². The van der Waals surface area contributed by atoms with E-state index in [1.807, 2.05) is 36.1 Å². The highest BCUT2D eigenvalue weighted by Gasteiger charge is 2.57. The molecule has 0 saturated carbocycles. The SMILES string of the molecule is CCN1C(=O)N(CCC(C)C)C2(CCN(Cc3ccc(Cl)cc3)CC2)C1=O. The highest BCUT2D eigenvalue weighted by Crippen LogP contribution is 2.38. The molecule has 0 radical (unpaired) electrons. The number of urea groups is 1. The number of likely N-dealkylation sites (tertiary alicyclic amines) is 1. The number of imide groups is 1. The van der Waals surface area contributed by atoms with E-state index in [0.29, 0.717) is 31.8 Å². The highest BCUT2D eigenvalue weighted by atomic mass is 35.5. The lowest BCUT2D eigenvalue weighted by Gasteiger charge is -2.42. The van der Waals surface area contributed by atoms with Crippen molar-refractivity contribution >= 4 is 23.5 Å². The highest BCUT2D eigenvalue weighted by molar-refractivity contribution is 6.30. The Labute approximate surface area is 167 Å². The van der Waals surface area contributed by atoms with Crippen LogP contribution in [0.1, 0.15) is 45.6 Å². The van der Waals surface area contributed by atoms with Gasteiger partial charge in [-0.05, 0) is 49.8 Å². The van der Waals surface area contributed by atoms with Gasteiger partial charge in [0.1, 0.15) is 5.54 Å². The molecule has 0 unspecified atom stereocenters. The van der Waals surface area contributed by atoms with E-state index in [1.54, 1.807) is 0 Å². The van der Waals surface area contributed by atoms with Crippen LogP contribution >= 0.6 is 11.6 Å². The number of carbonyl (C=O) groups excluding carboxylic acids is 2. The Bertz CT molecular complexity index is 681. The lowest BCUT2D eigenvalue weighted by molar-refractivity contribution is -0.135. The summed E-state index contributed by atoms with van der Waals surface area (Å²) in [5.74, 6) is 0.510. The zero-order chi connectivity index (χ0) is 19.6. The van der Waals surface area contributed by atoms with Crippen LogP contribution in [-0.4, -0.2) is 58.4 Å². The van der Waals surface area contributed by atoms with Crippen LogP contribution in [-0.2, 0) is 11.3 Å². The summed E-state index contributed by atoms with van der Waals surface area (Å²) in [6, 6.07) is 7.81. The number of benzene rings is 1. The minimum atomic E-state index is -0.640. The minimum Gasteiger partial charge on any atom is -0.309 e. The number of likely N-dealkylation sites (N-methyl/N-ethyl adjacent to an activating group) is 1. The molecule has 2 fully saturated rings. The first-order chi connectivity index (χ1) is 12.9. The van der Waals surface area contributed by atoms with Gasteiger partial charge in [-0.25, -0.2) is 4.79 Å². The number of hydrogen-bond donors (Lipinski definition) is 0. The zero-order valence-electron chi connectivity index (χ0n) is 16.6. The second-order valence-electron chi connectivity index (χ2n) is 8.10. The number of rotatable bonds is 6. The molecule has 2 saturated heterocycles. The van der Waals surface area contributed by atoms with E-state index >= 15 is 0 Å². The molecular weight excluding hydrogens is 362 g/mol. The normalized spacial score (nSPS) is 20.3. The minimum absolute atomic E-state index is 0.00454. The van der Waals surface area contributed by atoms with Gasteiger partial charge in [-0.15, -0.1) is 0 Å². The van der Waals surface area contributed by atoms with Crippen molar-refractivity contribution in [1.29, 1.82) is 0 Å². The summed E-state index contributed by atoms with van der Waals surface area (Å²) in [5.41, 5.74) is 0.578. The fourth-order valence-electron chi connectivity index (χ4n) is 4.17. The third-order valence-corrected chi connectivity index (χ3v) is 6.12. The molecule has 2 aliphatic heterocycles. The molecule has 1 aromatic carbocycles. The van der Waals surface area contributed by atoms with Crippen molar-refractivity contribution in [1.82, 2.24) is 14.7 Å². The monoisotopic (exact) mass is 391 g/mol. The molecular formula is C21H30ClN3O2. The topological polar surface area (TPSA) is 43.9 Å². The molecule has 0 aromatic heterocycles. The van der Waals surface area contributed by atoms with E-state index in [4.69, 9.17) is 11.6 Å². The van der Waals surface area contributed by atoms with Gasteiger partial charge in [0.2, 0.25) is 0 Å². The maximum atomic E-state index is 13.1. The van der Waals surface area contributed by atoms with E-state index in [0.717, 1.165) is 31.1 Å². The van der Waals surface area contributed by atoms with Crippen LogP contribution in [0.25, 0.3) is 0 Å². The molecule has 6 heteroatoms. The standard InChI is InChI=1S/C21H30ClN3O2/c1-4-24-19(26)21(25(20(24)27)12-9-16(2)3)10-13-23(14-11-21)15-17-5-7-18(22)8-6-17/h5-8,16H,4,9-15H2,1-3H3.